The standard InChI is InChI=1S/C12H12N4O2/c1-7-4-3-5-9-13-8(2)11(16(7)9)12-15-14-10(17)6-18-12/h3-5H,6H2,1-2H3,(H,14,17). The number of hydrogen-bond donors (Lipinski definition) is 1. The van der Waals surface area contributed by atoms with Gasteiger partial charge in [0.2, 0.25) is 0 Å². The number of nitrogens with one attached hydrogen (secondary N) is 1. The third kappa shape index (κ3) is 1.54. The Labute approximate surface area is 103 Å². The lowest BCUT2D eigenvalue weighted by molar-refractivity contribution is -0.124. The summed E-state index contributed by atoms with van der Waals surface area (Å²) in [5.74, 6) is 0.149. The van der Waals surface area contributed by atoms with Gasteiger partial charge in [-0.25, -0.2) is 10.4 Å². The molecule has 0 bridgehead atoms. The van der Waals surface area contributed by atoms with Gasteiger partial charge in [0.25, 0.3) is 11.8 Å². The Balaban J connectivity index is 2.23. The van der Waals surface area contributed by atoms with Crippen LogP contribution in [0.15, 0.2) is 23.3 Å². The van der Waals surface area contributed by atoms with E-state index in [0.29, 0.717) is 5.90 Å². The zero-order chi connectivity index (χ0) is 12.7. The van der Waals surface area contributed by atoms with Gasteiger partial charge < -0.3 is 4.74 Å². The minimum absolute atomic E-state index is 0.0165. The van der Waals surface area contributed by atoms with Crippen molar-refractivity contribution >= 4 is 17.5 Å². The third-order valence-corrected chi connectivity index (χ3v) is 2.84. The van der Waals surface area contributed by atoms with E-state index in [9.17, 15) is 4.79 Å². The van der Waals surface area contributed by atoms with Gasteiger partial charge in [-0.1, -0.05) is 6.07 Å². The van der Waals surface area contributed by atoms with Crippen LogP contribution < -0.4 is 5.43 Å². The van der Waals surface area contributed by atoms with Crippen LogP contribution in [0, 0.1) is 13.8 Å². The van der Waals surface area contributed by atoms with E-state index in [4.69, 9.17) is 4.74 Å². The Morgan fingerprint density at radius 2 is 2.22 bits per heavy atom. The predicted octanol–water partition coefficient (Wildman–Crippen LogP) is 0.759. The average Bonchev–Trinajstić information content (AvgIpc) is 2.68. The van der Waals surface area contributed by atoms with Crippen LogP contribution in [0.1, 0.15) is 17.1 Å². The van der Waals surface area contributed by atoms with Crippen LogP contribution >= 0.6 is 0 Å². The highest BCUT2D eigenvalue weighted by molar-refractivity contribution is 5.98. The lowest BCUT2D eigenvalue weighted by atomic mass is 10.3. The summed E-state index contributed by atoms with van der Waals surface area (Å²) >= 11 is 0. The van der Waals surface area contributed by atoms with Crippen LogP contribution in [0.4, 0.5) is 0 Å². The van der Waals surface area contributed by atoms with E-state index in [0.717, 1.165) is 22.7 Å². The normalized spacial score (nSPS) is 15.2. The molecule has 0 aromatic carbocycles. The van der Waals surface area contributed by atoms with Crippen LogP contribution in [0.3, 0.4) is 0 Å². The van der Waals surface area contributed by atoms with Gasteiger partial charge in [0.15, 0.2) is 6.61 Å². The number of aryl methyl sites for hydroxylation is 2. The van der Waals surface area contributed by atoms with Crippen molar-refractivity contribution in [3.05, 3.63) is 35.3 Å². The Morgan fingerprint density at radius 3 is 2.94 bits per heavy atom. The Bertz CT molecular complexity index is 672. The molecule has 0 fully saturated rings. The first-order chi connectivity index (χ1) is 8.66. The first kappa shape index (κ1) is 10.8. The molecule has 2 aromatic rings. The number of hydrazone groups is 1. The summed E-state index contributed by atoms with van der Waals surface area (Å²) in [6.45, 7) is 3.86. The number of rotatable bonds is 1. The molecule has 0 atom stereocenters. The largest absolute Gasteiger partial charge is 0.465 e. The SMILES string of the molecule is Cc1nc2cccc(C)n2c1C1=NNC(=O)CO1. The van der Waals surface area contributed by atoms with E-state index in [1.807, 2.05) is 36.4 Å². The van der Waals surface area contributed by atoms with Crippen molar-refractivity contribution in [3.63, 3.8) is 0 Å². The monoisotopic (exact) mass is 244 g/mol. The van der Waals surface area contributed by atoms with Crippen molar-refractivity contribution in [2.24, 2.45) is 5.10 Å². The van der Waals surface area contributed by atoms with Crippen molar-refractivity contribution in [3.8, 4) is 0 Å². The zero-order valence-corrected chi connectivity index (χ0v) is 10.1. The third-order valence-electron chi connectivity index (χ3n) is 2.84. The number of nitrogens with zero attached hydrogens (tertiary/aromatic N) is 3. The van der Waals surface area contributed by atoms with Crippen LogP contribution in [-0.2, 0) is 9.53 Å². The van der Waals surface area contributed by atoms with Gasteiger partial charge in [0, 0.05) is 5.69 Å². The number of ether oxygens (including phenoxy) is 1. The van der Waals surface area contributed by atoms with Gasteiger partial charge in [0.05, 0.1) is 5.69 Å². The molecule has 2 aromatic heterocycles. The lowest BCUT2D eigenvalue weighted by Crippen LogP contribution is -2.33. The minimum atomic E-state index is -0.248. The maximum atomic E-state index is 11.0. The van der Waals surface area contributed by atoms with Crippen molar-refractivity contribution in [1.29, 1.82) is 0 Å². The van der Waals surface area contributed by atoms with Gasteiger partial charge in [-0.15, -0.1) is 5.10 Å². The molecule has 6 heteroatoms. The molecule has 0 aliphatic carbocycles. The molecule has 1 amide bonds. The summed E-state index contributed by atoms with van der Waals surface area (Å²) in [5.41, 5.74) is 5.89. The lowest BCUT2D eigenvalue weighted by Gasteiger charge is -2.14. The molecule has 0 saturated carbocycles. The van der Waals surface area contributed by atoms with Crippen molar-refractivity contribution in [2.45, 2.75) is 13.8 Å². The fourth-order valence-electron chi connectivity index (χ4n) is 2.05. The maximum Gasteiger partial charge on any atom is 0.278 e. The molecule has 1 aliphatic heterocycles. The number of aromatic nitrogens is 2. The van der Waals surface area contributed by atoms with Gasteiger partial charge in [-0.05, 0) is 26.0 Å². The molecular weight excluding hydrogens is 232 g/mol. The topological polar surface area (TPSA) is 68.0 Å². The summed E-state index contributed by atoms with van der Waals surface area (Å²) in [4.78, 5) is 15.5. The molecule has 3 heterocycles. The average molecular weight is 244 g/mol. The van der Waals surface area contributed by atoms with Gasteiger partial charge >= 0.3 is 0 Å². The number of fused-ring (bicyclic) bond motifs is 1. The smallest absolute Gasteiger partial charge is 0.278 e. The first-order valence-electron chi connectivity index (χ1n) is 5.61. The molecule has 1 aliphatic rings. The highest BCUT2D eigenvalue weighted by Gasteiger charge is 2.21. The second kappa shape index (κ2) is 3.83. The molecule has 0 radical (unpaired) electrons. The zero-order valence-electron chi connectivity index (χ0n) is 10.1. The number of amides is 1. The number of carbonyl (C=O) groups is 1. The van der Waals surface area contributed by atoms with E-state index >= 15 is 0 Å². The Kier molecular flexibility index (Phi) is 2.29. The van der Waals surface area contributed by atoms with Crippen LogP contribution in [0.2, 0.25) is 0 Å². The minimum Gasteiger partial charge on any atom is -0.465 e. The quantitative estimate of drug-likeness (QED) is 0.805. The molecule has 92 valence electrons. The maximum absolute atomic E-state index is 11.0. The molecule has 1 N–H and O–H groups in total. The fraction of sp³-hybridized carbons (Fsp3) is 0.250. The first-order valence-corrected chi connectivity index (χ1v) is 5.61. The Morgan fingerprint density at radius 1 is 1.39 bits per heavy atom. The molecule has 0 unspecified atom stereocenters. The van der Waals surface area contributed by atoms with Gasteiger partial charge in [0.1, 0.15) is 11.3 Å². The van der Waals surface area contributed by atoms with Crippen LogP contribution in [-0.4, -0.2) is 27.8 Å². The van der Waals surface area contributed by atoms with Crippen molar-refractivity contribution in [2.75, 3.05) is 6.61 Å². The van der Waals surface area contributed by atoms with Crippen LogP contribution in [0.5, 0.6) is 0 Å². The summed E-state index contributed by atoms with van der Waals surface area (Å²) in [5, 5.41) is 3.94. The van der Waals surface area contributed by atoms with Crippen molar-refractivity contribution in [1.82, 2.24) is 14.8 Å². The van der Waals surface area contributed by atoms with E-state index in [2.05, 4.69) is 15.5 Å². The number of imidazole rings is 1. The second-order valence-electron chi connectivity index (χ2n) is 4.15. The summed E-state index contributed by atoms with van der Waals surface area (Å²) in [6.07, 6.45) is 0. The number of hydrogen-bond acceptors (Lipinski definition) is 4. The number of carbonyl (C=O) groups excluding carboxylic acids is 1. The van der Waals surface area contributed by atoms with E-state index in [1.54, 1.807) is 0 Å². The summed E-state index contributed by atoms with van der Waals surface area (Å²) < 4.78 is 7.32. The Hall–Kier alpha value is -2.37. The molecule has 3 rings (SSSR count). The van der Waals surface area contributed by atoms with E-state index in [-0.39, 0.29) is 12.5 Å². The highest BCUT2D eigenvalue weighted by Crippen LogP contribution is 2.16. The number of pyridine rings is 1. The van der Waals surface area contributed by atoms with Gasteiger partial charge in [-0.3, -0.25) is 9.20 Å². The van der Waals surface area contributed by atoms with E-state index in [1.165, 1.54) is 0 Å². The molecule has 6 nitrogen and oxygen atoms in total. The fourth-order valence-corrected chi connectivity index (χ4v) is 2.05. The molecule has 18 heavy (non-hydrogen) atoms. The summed E-state index contributed by atoms with van der Waals surface area (Å²) in [7, 11) is 0. The van der Waals surface area contributed by atoms with Crippen molar-refractivity contribution < 1.29 is 9.53 Å². The predicted molar refractivity (Wildman–Crippen MR) is 65.3 cm³/mol. The molecule has 0 saturated heterocycles. The molecular formula is C12H12N4O2. The van der Waals surface area contributed by atoms with E-state index < -0.39 is 0 Å². The second-order valence-corrected chi connectivity index (χ2v) is 4.15. The van der Waals surface area contributed by atoms with Crippen LogP contribution in [0.25, 0.3) is 5.65 Å². The highest BCUT2D eigenvalue weighted by atomic mass is 16.5. The molecule has 0 spiro atoms. The van der Waals surface area contributed by atoms with Gasteiger partial charge in [-0.2, -0.15) is 0 Å². The summed E-state index contributed by atoms with van der Waals surface area (Å²) in [6, 6.07) is 5.86.